The molecule has 148 valence electrons. The average molecular weight is 424 g/mol. The van der Waals surface area contributed by atoms with Crippen molar-refractivity contribution < 1.29 is 14.5 Å². The van der Waals surface area contributed by atoms with Crippen molar-refractivity contribution in [1.82, 2.24) is 9.80 Å². The molecule has 0 radical (unpaired) electrons. The van der Waals surface area contributed by atoms with E-state index in [0.717, 1.165) is 5.56 Å². The summed E-state index contributed by atoms with van der Waals surface area (Å²) < 4.78 is 4.98. The second-order valence-electron chi connectivity index (χ2n) is 6.41. The highest BCUT2D eigenvalue weighted by Crippen LogP contribution is 2.29. The van der Waals surface area contributed by atoms with Crippen molar-refractivity contribution in [3.05, 3.63) is 67.7 Å². The fraction of sp³-hybridized carbons (Fsp3) is 0.316. The second kappa shape index (κ2) is 8.77. The molecule has 0 bridgehead atoms. The SMILES string of the molecule is COc1ccc(C(=O)N2CCN(Cc3c(Cl)cccc3Cl)CC2)cc1[N+](=O)[O-]. The summed E-state index contributed by atoms with van der Waals surface area (Å²) in [5.41, 5.74) is 0.923. The molecule has 0 unspecified atom stereocenters. The minimum Gasteiger partial charge on any atom is -0.490 e. The number of nitro benzene ring substituents is 1. The fourth-order valence-corrected chi connectivity index (χ4v) is 3.68. The summed E-state index contributed by atoms with van der Waals surface area (Å²) >= 11 is 12.5. The van der Waals surface area contributed by atoms with Gasteiger partial charge in [-0.1, -0.05) is 29.3 Å². The molecule has 3 rings (SSSR count). The Hall–Kier alpha value is -2.35. The topological polar surface area (TPSA) is 75.9 Å². The zero-order chi connectivity index (χ0) is 20.3. The highest BCUT2D eigenvalue weighted by molar-refractivity contribution is 6.35. The van der Waals surface area contributed by atoms with E-state index in [9.17, 15) is 14.9 Å². The summed E-state index contributed by atoms with van der Waals surface area (Å²) in [7, 11) is 1.36. The molecule has 1 aliphatic rings. The number of amides is 1. The molecule has 1 aliphatic heterocycles. The third-order valence-corrected chi connectivity index (χ3v) is 5.43. The van der Waals surface area contributed by atoms with Gasteiger partial charge in [0.25, 0.3) is 5.91 Å². The van der Waals surface area contributed by atoms with Crippen molar-refractivity contribution in [1.29, 1.82) is 0 Å². The first-order valence-electron chi connectivity index (χ1n) is 8.67. The van der Waals surface area contributed by atoms with Gasteiger partial charge < -0.3 is 9.64 Å². The van der Waals surface area contributed by atoms with Crippen LogP contribution in [0.25, 0.3) is 0 Å². The van der Waals surface area contributed by atoms with Crippen LogP contribution >= 0.6 is 23.2 Å². The number of nitro groups is 1. The number of ether oxygens (including phenoxy) is 1. The van der Waals surface area contributed by atoms with Gasteiger partial charge >= 0.3 is 5.69 Å². The van der Waals surface area contributed by atoms with Crippen molar-refractivity contribution in [2.24, 2.45) is 0 Å². The quantitative estimate of drug-likeness (QED) is 0.538. The van der Waals surface area contributed by atoms with Crippen molar-refractivity contribution in [2.75, 3.05) is 33.3 Å². The molecule has 0 aromatic heterocycles. The van der Waals surface area contributed by atoms with E-state index in [2.05, 4.69) is 4.90 Å². The smallest absolute Gasteiger partial charge is 0.311 e. The Labute approximate surface area is 172 Å². The summed E-state index contributed by atoms with van der Waals surface area (Å²) in [5, 5.41) is 12.4. The van der Waals surface area contributed by atoms with Crippen LogP contribution in [0.5, 0.6) is 5.75 Å². The van der Waals surface area contributed by atoms with E-state index >= 15 is 0 Å². The number of halogens is 2. The Balaban J connectivity index is 1.66. The minimum atomic E-state index is -0.555. The van der Waals surface area contributed by atoms with Crippen molar-refractivity contribution in [3.63, 3.8) is 0 Å². The Morgan fingerprint density at radius 3 is 2.36 bits per heavy atom. The van der Waals surface area contributed by atoms with Crippen LogP contribution in [0.1, 0.15) is 15.9 Å². The molecular weight excluding hydrogens is 405 g/mol. The highest BCUT2D eigenvalue weighted by Gasteiger charge is 2.25. The zero-order valence-electron chi connectivity index (χ0n) is 15.2. The summed E-state index contributed by atoms with van der Waals surface area (Å²) in [6.45, 7) is 2.95. The van der Waals surface area contributed by atoms with Crippen LogP contribution in [0.2, 0.25) is 10.0 Å². The lowest BCUT2D eigenvalue weighted by Gasteiger charge is -2.35. The van der Waals surface area contributed by atoms with E-state index in [0.29, 0.717) is 42.8 Å². The van der Waals surface area contributed by atoms with Crippen molar-refractivity contribution in [3.8, 4) is 5.75 Å². The van der Waals surface area contributed by atoms with E-state index in [1.165, 1.54) is 19.2 Å². The minimum absolute atomic E-state index is 0.128. The molecule has 7 nitrogen and oxygen atoms in total. The van der Waals surface area contributed by atoms with E-state index < -0.39 is 4.92 Å². The van der Waals surface area contributed by atoms with Crippen LogP contribution in [0.15, 0.2) is 36.4 Å². The summed E-state index contributed by atoms with van der Waals surface area (Å²) in [6.07, 6.45) is 0. The van der Waals surface area contributed by atoms with E-state index in [-0.39, 0.29) is 22.9 Å². The molecule has 28 heavy (non-hydrogen) atoms. The van der Waals surface area contributed by atoms with Gasteiger partial charge in [-0.15, -0.1) is 0 Å². The third-order valence-electron chi connectivity index (χ3n) is 4.73. The molecular formula is C19H19Cl2N3O4. The molecule has 1 heterocycles. The number of nitrogens with zero attached hydrogens (tertiary/aromatic N) is 3. The first-order valence-corrected chi connectivity index (χ1v) is 9.43. The molecule has 0 atom stereocenters. The molecule has 0 N–H and O–H groups in total. The number of carbonyl (C=O) groups is 1. The standard InChI is InChI=1S/C19H19Cl2N3O4/c1-28-18-6-5-13(11-17(18)24(26)27)19(25)23-9-7-22(8-10-23)12-14-15(20)3-2-4-16(14)21/h2-6,11H,7-10,12H2,1H3. The number of hydrogen-bond donors (Lipinski definition) is 0. The van der Waals surface area contributed by atoms with Crippen LogP contribution in [-0.2, 0) is 6.54 Å². The maximum atomic E-state index is 12.7. The lowest BCUT2D eigenvalue weighted by atomic mass is 10.1. The van der Waals surface area contributed by atoms with Crippen LogP contribution in [-0.4, -0.2) is 53.9 Å². The number of benzene rings is 2. The Morgan fingerprint density at radius 2 is 1.79 bits per heavy atom. The van der Waals surface area contributed by atoms with Gasteiger partial charge in [0.15, 0.2) is 5.75 Å². The van der Waals surface area contributed by atoms with Gasteiger partial charge in [-0.3, -0.25) is 19.8 Å². The lowest BCUT2D eigenvalue weighted by molar-refractivity contribution is -0.385. The van der Waals surface area contributed by atoms with Gasteiger partial charge in [-0.2, -0.15) is 0 Å². The molecule has 0 aliphatic carbocycles. The van der Waals surface area contributed by atoms with Gasteiger partial charge in [0.2, 0.25) is 0 Å². The number of hydrogen-bond acceptors (Lipinski definition) is 5. The maximum absolute atomic E-state index is 12.7. The normalized spacial score (nSPS) is 14.8. The largest absolute Gasteiger partial charge is 0.490 e. The van der Waals surface area contributed by atoms with E-state index in [4.69, 9.17) is 27.9 Å². The molecule has 2 aromatic rings. The second-order valence-corrected chi connectivity index (χ2v) is 7.23. The van der Waals surface area contributed by atoms with Gasteiger partial charge in [-0.05, 0) is 24.3 Å². The van der Waals surface area contributed by atoms with Gasteiger partial charge in [-0.25, -0.2) is 0 Å². The molecule has 0 spiro atoms. The van der Waals surface area contributed by atoms with Crippen LogP contribution in [0, 0.1) is 10.1 Å². The number of piperazine rings is 1. The highest BCUT2D eigenvalue weighted by atomic mass is 35.5. The van der Waals surface area contributed by atoms with E-state index in [1.807, 2.05) is 0 Å². The predicted octanol–water partition coefficient (Wildman–Crippen LogP) is 3.87. The van der Waals surface area contributed by atoms with E-state index in [1.54, 1.807) is 29.2 Å². The Bertz CT molecular complexity index is 878. The zero-order valence-corrected chi connectivity index (χ0v) is 16.7. The Morgan fingerprint density at radius 1 is 1.14 bits per heavy atom. The van der Waals surface area contributed by atoms with Gasteiger partial charge in [0.1, 0.15) is 0 Å². The molecule has 9 heteroatoms. The van der Waals surface area contributed by atoms with Crippen molar-refractivity contribution in [2.45, 2.75) is 6.54 Å². The molecule has 1 amide bonds. The van der Waals surface area contributed by atoms with Crippen LogP contribution in [0.4, 0.5) is 5.69 Å². The third kappa shape index (κ3) is 4.38. The first-order chi connectivity index (χ1) is 13.4. The van der Waals surface area contributed by atoms with Gasteiger partial charge in [0.05, 0.1) is 12.0 Å². The number of rotatable bonds is 5. The number of methoxy groups -OCH3 is 1. The predicted molar refractivity (Wildman–Crippen MR) is 107 cm³/mol. The van der Waals surface area contributed by atoms with Crippen molar-refractivity contribution >= 4 is 34.8 Å². The molecule has 1 fully saturated rings. The maximum Gasteiger partial charge on any atom is 0.311 e. The molecule has 0 saturated carbocycles. The Kier molecular flexibility index (Phi) is 6.39. The summed E-state index contributed by atoms with van der Waals surface area (Å²) in [4.78, 5) is 27.2. The molecule has 1 saturated heterocycles. The summed E-state index contributed by atoms with van der Waals surface area (Å²) in [5.74, 6) is -0.107. The molecule has 2 aromatic carbocycles. The number of carbonyl (C=O) groups excluding carboxylic acids is 1. The lowest BCUT2D eigenvalue weighted by Crippen LogP contribution is -2.48. The van der Waals surface area contributed by atoms with Crippen LogP contribution in [0.3, 0.4) is 0 Å². The fourth-order valence-electron chi connectivity index (χ4n) is 3.16. The average Bonchev–Trinajstić information content (AvgIpc) is 2.70. The van der Waals surface area contributed by atoms with Crippen LogP contribution < -0.4 is 4.74 Å². The van der Waals surface area contributed by atoms with Gasteiger partial charge in [0, 0.05) is 60.0 Å². The monoisotopic (exact) mass is 423 g/mol. The first kappa shape index (κ1) is 20.4. The summed E-state index contributed by atoms with van der Waals surface area (Å²) in [6, 6.07) is 9.67.